The summed E-state index contributed by atoms with van der Waals surface area (Å²) in [6.45, 7) is 7.15. The largest absolute Gasteiger partial charge is 0.467 e. The monoisotopic (exact) mass is 231 g/mol. The maximum atomic E-state index is 11.3. The Hall–Kier alpha value is -0.650. The van der Waals surface area contributed by atoms with E-state index in [0.29, 0.717) is 0 Å². The van der Waals surface area contributed by atoms with Crippen molar-refractivity contribution in [2.24, 2.45) is 0 Å². The number of nitrogens with zero attached hydrogens (tertiary/aromatic N) is 1. The summed E-state index contributed by atoms with van der Waals surface area (Å²) < 4.78 is 10.1. The summed E-state index contributed by atoms with van der Waals surface area (Å²) in [4.78, 5) is 13.4. The molecule has 0 radical (unpaired) electrons. The van der Waals surface area contributed by atoms with Gasteiger partial charge in [-0.3, -0.25) is 4.90 Å². The van der Waals surface area contributed by atoms with Crippen molar-refractivity contribution in [1.82, 2.24) is 4.90 Å². The van der Waals surface area contributed by atoms with Crippen molar-refractivity contribution in [3.63, 3.8) is 0 Å². The zero-order chi connectivity index (χ0) is 12.3. The van der Waals surface area contributed by atoms with Crippen LogP contribution in [0.5, 0.6) is 0 Å². The fourth-order valence-electron chi connectivity index (χ4n) is 2.13. The summed E-state index contributed by atoms with van der Waals surface area (Å²) in [5.41, 5.74) is -1.45. The highest BCUT2D eigenvalue weighted by Crippen LogP contribution is 2.15. The van der Waals surface area contributed by atoms with Gasteiger partial charge in [-0.25, -0.2) is 4.79 Å². The van der Waals surface area contributed by atoms with Gasteiger partial charge in [0, 0.05) is 19.6 Å². The van der Waals surface area contributed by atoms with E-state index in [4.69, 9.17) is 4.74 Å². The van der Waals surface area contributed by atoms with Gasteiger partial charge in [0.15, 0.2) is 5.60 Å². The van der Waals surface area contributed by atoms with Crippen LogP contribution in [0, 0.1) is 0 Å². The Morgan fingerprint density at radius 2 is 2.00 bits per heavy atom. The van der Waals surface area contributed by atoms with Crippen LogP contribution in [0.2, 0.25) is 0 Å². The number of rotatable bonds is 3. The number of hydrogen-bond donors (Lipinski definition) is 1. The fraction of sp³-hybridized carbons (Fsp3) is 0.909. The first-order valence-corrected chi connectivity index (χ1v) is 5.53. The number of aliphatic hydroxyl groups is 1. The van der Waals surface area contributed by atoms with Gasteiger partial charge in [0.2, 0.25) is 0 Å². The molecule has 0 aromatic rings. The second-order valence-electron chi connectivity index (χ2n) is 4.72. The van der Waals surface area contributed by atoms with E-state index < -0.39 is 11.6 Å². The van der Waals surface area contributed by atoms with E-state index in [1.165, 1.54) is 14.0 Å². The number of carbonyl (C=O) groups is 1. The first kappa shape index (κ1) is 13.4. The molecule has 1 rings (SSSR count). The molecule has 1 aliphatic rings. The molecule has 1 aliphatic heterocycles. The van der Waals surface area contributed by atoms with Gasteiger partial charge >= 0.3 is 5.97 Å². The van der Waals surface area contributed by atoms with Gasteiger partial charge in [-0.15, -0.1) is 0 Å². The number of β-amino-alcohol motifs (C(OH)–C–C–N with tert-alkyl or cyclic N) is 1. The average Bonchev–Trinajstić information content (AvgIpc) is 2.13. The molecule has 3 atom stereocenters. The molecule has 1 N–H and O–H groups in total. The first-order valence-electron chi connectivity index (χ1n) is 5.53. The molecule has 94 valence electrons. The van der Waals surface area contributed by atoms with Crippen molar-refractivity contribution >= 4 is 5.97 Å². The van der Waals surface area contributed by atoms with Crippen molar-refractivity contribution in [2.45, 2.75) is 38.6 Å². The minimum atomic E-state index is -1.45. The third-order valence-corrected chi connectivity index (χ3v) is 2.65. The summed E-state index contributed by atoms with van der Waals surface area (Å²) in [6, 6.07) is 0. The number of ether oxygens (including phenoxy) is 2. The lowest BCUT2D eigenvalue weighted by Crippen LogP contribution is -2.53. The highest BCUT2D eigenvalue weighted by Gasteiger charge is 2.35. The lowest BCUT2D eigenvalue weighted by Gasteiger charge is -2.38. The Kier molecular flexibility index (Phi) is 4.29. The third kappa shape index (κ3) is 3.43. The Bertz CT molecular complexity index is 244. The van der Waals surface area contributed by atoms with E-state index in [-0.39, 0.29) is 18.8 Å². The SMILES string of the molecule is COC(=O)C(C)(O)CN1C[C@@H](C)O[C@@H](C)C1. The molecule has 16 heavy (non-hydrogen) atoms. The minimum Gasteiger partial charge on any atom is -0.467 e. The smallest absolute Gasteiger partial charge is 0.338 e. The van der Waals surface area contributed by atoms with E-state index in [1.807, 2.05) is 18.7 Å². The van der Waals surface area contributed by atoms with Crippen molar-refractivity contribution in [1.29, 1.82) is 0 Å². The van der Waals surface area contributed by atoms with Crippen molar-refractivity contribution in [3.8, 4) is 0 Å². The van der Waals surface area contributed by atoms with E-state index in [9.17, 15) is 9.90 Å². The summed E-state index contributed by atoms with van der Waals surface area (Å²) in [5.74, 6) is -0.598. The Balaban J connectivity index is 2.56. The van der Waals surface area contributed by atoms with Crippen LogP contribution >= 0.6 is 0 Å². The maximum Gasteiger partial charge on any atom is 0.338 e. The van der Waals surface area contributed by atoms with Gasteiger partial charge in [-0.1, -0.05) is 0 Å². The van der Waals surface area contributed by atoms with Crippen LogP contribution in [0.15, 0.2) is 0 Å². The molecule has 1 saturated heterocycles. The lowest BCUT2D eigenvalue weighted by molar-refractivity contribution is -0.165. The molecule has 5 heteroatoms. The van der Waals surface area contributed by atoms with Crippen LogP contribution in [0.4, 0.5) is 0 Å². The number of esters is 1. The van der Waals surface area contributed by atoms with Gasteiger partial charge in [-0.05, 0) is 20.8 Å². The van der Waals surface area contributed by atoms with Crippen molar-refractivity contribution in [3.05, 3.63) is 0 Å². The van der Waals surface area contributed by atoms with Crippen LogP contribution in [-0.4, -0.2) is 60.5 Å². The highest BCUT2D eigenvalue weighted by atomic mass is 16.5. The zero-order valence-corrected chi connectivity index (χ0v) is 10.4. The van der Waals surface area contributed by atoms with E-state index >= 15 is 0 Å². The van der Waals surface area contributed by atoms with Crippen LogP contribution in [-0.2, 0) is 14.3 Å². The molecule has 0 saturated carbocycles. The maximum absolute atomic E-state index is 11.3. The van der Waals surface area contributed by atoms with Gasteiger partial charge in [0.25, 0.3) is 0 Å². The Morgan fingerprint density at radius 3 is 2.44 bits per heavy atom. The minimum absolute atomic E-state index is 0.122. The second-order valence-corrected chi connectivity index (χ2v) is 4.72. The van der Waals surface area contributed by atoms with Crippen molar-refractivity contribution in [2.75, 3.05) is 26.7 Å². The van der Waals surface area contributed by atoms with E-state index in [1.54, 1.807) is 0 Å². The standard InChI is InChI=1S/C11H21NO4/c1-8-5-12(6-9(2)16-8)7-11(3,14)10(13)15-4/h8-9,14H,5-7H2,1-4H3/t8-,9+,11?. The number of hydrogen-bond acceptors (Lipinski definition) is 5. The average molecular weight is 231 g/mol. The lowest BCUT2D eigenvalue weighted by atomic mass is 10.1. The molecular formula is C11H21NO4. The number of morpholine rings is 1. The molecule has 0 aromatic carbocycles. The molecule has 5 nitrogen and oxygen atoms in total. The summed E-state index contributed by atoms with van der Waals surface area (Å²) in [6.07, 6.45) is 0.245. The summed E-state index contributed by atoms with van der Waals surface area (Å²) in [7, 11) is 1.28. The van der Waals surface area contributed by atoms with Crippen molar-refractivity contribution < 1.29 is 19.4 Å². The predicted octanol–water partition coefficient (Wildman–Crippen LogP) is 0.0196. The van der Waals surface area contributed by atoms with E-state index in [0.717, 1.165) is 13.1 Å². The van der Waals surface area contributed by atoms with Crippen LogP contribution in [0.1, 0.15) is 20.8 Å². The number of methoxy groups -OCH3 is 1. The molecule has 1 fully saturated rings. The molecule has 0 spiro atoms. The third-order valence-electron chi connectivity index (χ3n) is 2.65. The fourth-order valence-corrected chi connectivity index (χ4v) is 2.13. The molecule has 0 aromatic heterocycles. The molecular weight excluding hydrogens is 210 g/mol. The first-order chi connectivity index (χ1) is 7.35. The van der Waals surface area contributed by atoms with Gasteiger partial charge < -0.3 is 14.6 Å². The number of carbonyl (C=O) groups excluding carboxylic acids is 1. The molecule has 1 unspecified atom stereocenters. The van der Waals surface area contributed by atoms with Gasteiger partial charge in [-0.2, -0.15) is 0 Å². The second kappa shape index (κ2) is 5.12. The molecule has 1 heterocycles. The summed E-state index contributed by atoms with van der Waals surface area (Å²) in [5, 5.41) is 9.95. The Morgan fingerprint density at radius 1 is 1.50 bits per heavy atom. The Labute approximate surface area is 96.3 Å². The highest BCUT2D eigenvalue weighted by molar-refractivity contribution is 5.78. The quantitative estimate of drug-likeness (QED) is 0.694. The van der Waals surface area contributed by atoms with Crippen LogP contribution < -0.4 is 0 Å². The molecule has 0 amide bonds. The van der Waals surface area contributed by atoms with E-state index in [2.05, 4.69) is 4.74 Å². The van der Waals surface area contributed by atoms with Gasteiger partial charge in [0.1, 0.15) is 0 Å². The topological polar surface area (TPSA) is 59.0 Å². The normalized spacial score (nSPS) is 30.8. The zero-order valence-electron chi connectivity index (χ0n) is 10.4. The predicted molar refractivity (Wildman–Crippen MR) is 59.1 cm³/mol. The molecule has 0 aliphatic carbocycles. The molecule has 0 bridgehead atoms. The van der Waals surface area contributed by atoms with Crippen LogP contribution in [0.25, 0.3) is 0 Å². The van der Waals surface area contributed by atoms with Crippen LogP contribution in [0.3, 0.4) is 0 Å². The summed E-state index contributed by atoms with van der Waals surface area (Å²) >= 11 is 0. The van der Waals surface area contributed by atoms with Gasteiger partial charge in [0.05, 0.1) is 19.3 Å².